The van der Waals surface area contributed by atoms with Crippen molar-refractivity contribution >= 4 is 16.6 Å². The smallest absolute Gasteiger partial charge is 0.170 e. The van der Waals surface area contributed by atoms with Crippen molar-refractivity contribution in [2.45, 2.75) is 25.3 Å². The molecule has 1 saturated heterocycles. The number of piperidine rings is 1. The van der Waals surface area contributed by atoms with Gasteiger partial charge in [-0.15, -0.1) is 0 Å². The van der Waals surface area contributed by atoms with E-state index in [1.165, 1.54) is 17.8 Å². The summed E-state index contributed by atoms with van der Waals surface area (Å²) in [7, 11) is 0. The van der Waals surface area contributed by atoms with Crippen molar-refractivity contribution in [2.24, 2.45) is 0 Å². The Morgan fingerprint density at radius 3 is 2.92 bits per heavy atom. The molecule has 1 fully saturated rings. The lowest BCUT2D eigenvalue weighted by Crippen LogP contribution is -2.33. The minimum absolute atomic E-state index is 0.288. The summed E-state index contributed by atoms with van der Waals surface area (Å²) in [6, 6.07) is 10.9. The highest BCUT2D eigenvalue weighted by Crippen LogP contribution is 2.33. The minimum atomic E-state index is -0.288. The molecule has 0 aliphatic carbocycles. The summed E-state index contributed by atoms with van der Waals surface area (Å²) < 4.78 is 20.8. The fourth-order valence-electron chi connectivity index (χ4n) is 3.95. The molecule has 0 unspecified atom stereocenters. The Hall–Kier alpha value is -2.73. The number of benzene rings is 1. The predicted octanol–water partition coefficient (Wildman–Crippen LogP) is 3.99. The van der Waals surface area contributed by atoms with Gasteiger partial charge < -0.3 is 8.92 Å². The van der Waals surface area contributed by atoms with Crippen LogP contribution in [0, 0.1) is 5.82 Å². The second-order valence-electron chi connectivity index (χ2n) is 6.93. The van der Waals surface area contributed by atoms with Crippen molar-refractivity contribution in [3.63, 3.8) is 0 Å². The number of imidazole rings is 1. The molecule has 4 aromatic rings. The minimum Gasteiger partial charge on any atom is -0.356 e. The van der Waals surface area contributed by atoms with E-state index in [4.69, 9.17) is 4.52 Å². The molecule has 1 aliphatic rings. The number of fused-ring (bicyclic) bond motifs is 2. The van der Waals surface area contributed by atoms with Gasteiger partial charge >= 0.3 is 0 Å². The van der Waals surface area contributed by atoms with Gasteiger partial charge in [0.15, 0.2) is 5.58 Å². The Bertz CT molecular complexity index is 1060. The van der Waals surface area contributed by atoms with Crippen LogP contribution in [0.15, 0.2) is 53.3 Å². The predicted molar refractivity (Wildman–Crippen MR) is 96.4 cm³/mol. The first-order valence-corrected chi connectivity index (χ1v) is 8.96. The molecule has 0 bridgehead atoms. The number of aromatic nitrogens is 3. The van der Waals surface area contributed by atoms with Crippen LogP contribution in [-0.2, 0) is 6.54 Å². The molecule has 132 valence electrons. The lowest BCUT2D eigenvalue weighted by molar-refractivity contribution is 0.199. The molecule has 6 heteroatoms. The van der Waals surface area contributed by atoms with Gasteiger partial charge in [0.25, 0.3) is 0 Å². The highest BCUT2D eigenvalue weighted by Gasteiger charge is 2.25. The normalized spacial score (nSPS) is 16.7. The molecule has 0 radical (unpaired) electrons. The molecular weight excluding hydrogens is 331 g/mol. The van der Waals surface area contributed by atoms with E-state index in [1.54, 1.807) is 6.07 Å². The maximum atomic E-state index is 13.3. The number of hydrogen-bond donors (Lipinski definition) is 0. The van der Waals surface area contributed by atoms with Gasteiger partial charge in [-0.25, -0.2) is 9.37 Å². The van der Waals surface area contributed by atoms with Crippen LogP contribution in [-0.4, -0.2) is 32.5 Å². The van der Waals surface area contributed by atoms with Crippen LogP contribution in [0.2, 0.25) is 0 Å². The first-order valence-electron chi connectivity index (χ1n) is 8.96. The molecule has 0 N–H and O–H groups in total. The molecule has 1 aliphatic heterocycles. The Labute approximate surface area is 150 Å². The number of likely N-dealkylation sites (tertiary alicyclic amines) is 1. The summed E-state index contributed by atoms with van der Waals surface area (Å²) in [5.41, 5.74) is 3.74. The average Bonchev–Trinajstić information content (AvgIpc) is 3.29. The zero-order valence-electron chi connectivity index (χ0n) is 14.3. The third kappa shape index (κ3) is 2.66. The van der Waals surface area contributed by atoms with Crippen molar-refractivity contribution in [1.82, 2.24) is 19.4 Å². The van der Waals surface area contributed by atoms with Crippen molar-refractivity contribution in [3.8, 4) is 0 Å². The van der Waals surface area contributed by atoms with Crippen molar-refractivity contribution < 1.29 is 8.91 Å². The van der Waals surface area contributed by atoms with E-state index in [9.17, 15) is 4.39 Å². The van der Waals surface area contributed by atoms with Crippen molar-refractivity contribution in [2.75, 3.05) is 13.1 Å². The van der Waals surface area contributed by atoms with E-state index in [0.717, 1.165) is 49.2 Å². The second kappa shape index (κ2) is 6.21. The van der Waals surface area contributed by atoms with Crippen molar-refractivity contribution in [1.29, 1.82) is 0 Å². The van der Waals surface area contributed by atoms with Crippen LogP contribution in [0.25, 0.3) is 16.6 Å². The Balaban J connectivity index is 1.30. The standard InChI is InChI=1S/C20H19FN4O/c21-15-4-5-17-18(12-15)26-23-20(17)14-6-9-24(10-7-14)13-16-2-1-3-19-22-8-11-25(16)19/h1-5,8,11-12,14H,6-7,9-10,13H2. The summed E-state index contributed by atoms with van der Waals surface area (Å²) >= 11 is 0. The van der Waals surface area contributed by atoms with E-state index in [-0.39, 0.29) is 5.82 Å². The Kier molecular flexibility index (Phi) is 3.71. The zero-order valence-corrected chi connectivity index (χ0v) is 14.3. The third-order valence-electron chi connectivity index (χ3n) is 5.33. The van der Waals surface area contributed by atoms with Gasteiger partial charge in [0.2, 0.25) is 0 Å². The van der Waals surface area contributed by atoms with Gasteiger partial charge in [-0.05, 0) is 50.2 Å². The summed E-state index contributed by atoms with van der Waals surface area (Å²) in [5, 5.41) is 5.17. The Morgan fingerprint density at radius 2 is 2.04 bits per heavy atom. The lowest BCUT2D eigenvalue weighted by Gasteiger charge is -2.31. The third-order valence-corrected chi connectivity index (χ3v) is 5.33. The van der Waals surface area contributed by atoms with E-state index in [1.807, 2.05) is 18.5 Å². The molecule has 0 amide bonds. The summed E-state index contributed by atoms with van der Waals surface area (Å²) in [5.74, 6) is 0.0747. The fraction of sp³-hybridized carbons (Fsp3) is 0.300. The van der Waals surface area contributed by atoms with Gasteiger partial charge in [-0.1, -0.05) is 11.2 Å². The zero-order chi connectivity index (χ0) is 17.5. The number of rotatable bonds is 3. The summed E-state index contributed by atoms with van der Waals surface area (Å²) in [6.07, 6.45) is 5.90. The number of nitrogens with zero attached hydrogens (tertiary/aromatic N) is 4. The van der Waals surface area contributed by atoms with Crippen LogP contribution in [0.3, 0.4) is 0 Å². The van der Waals surface area contributed by atoms with E-state index < -0.39 is 0 Å². The van der Waals surface area contributed by atoms with Gasteiger partial charge in [0, 0.05) is 42.0 Å². The molecule has 26 heavy (non-hydrogen) atoms. The van der Waals surface area contributed by atoms with Crippen LogP contribution < -0.4 is 0 Å². The van der Waals surface area contributed by atoms with Crippen molar-refractivity contribution in [3.05, 3.63) is 66.0 Å². The monoisotopic (exact) mass is 350 g/mol. The first-order chi connectivity index (χ1) is 12.8. The van der Waals surface area contributed by atoms with Gasteiger partial charge in [0.05, 0.1) is 5.69 Å². The maximum Gasteiger partial charge on any atom is 0.170 e. The molecule has 1 aromatic carbocycles. The highest BCUT2D eigenvalue weighted by atomic mass is 19.1. The number of halogens is 1. The molecule has 4 heterocycles. The highest BCUT2D eigenvalue weighted by molar-refractivity contribution is 5.79. The second-order valence-corrected chi connectivity index (χ2v) is 6.93. The Morgan fingerprint density at radius 1 is 1.15 bits per heavy atom. The van der Waals surface area contributed by atoms with E-state index >= 15 is 0 Å². The molecule has 3 aromatic heterocycles. The first kappa shape index (κ1) is 15.5. The number of pyridine rings is 1. The molecule has 5 nitrogen and oxygen atoms in total. The number of hydrogen-bond acceptors (Lipinski definition) is 4. The molecule has 5 rings (SSSR count). The lowest BCUT2D eigenvalue weighted by atomic mass is 9.91. The summed E-state index contributed by atoms with van der Waals surface area (Å²) in [4.78, 5) is 6.82. The summed E-state index contributed by atoms with van der Waals surface area (Å²) in [6.45, 7) is 2.92. The van der Waals surface area contributed by atoms with Crippen LogP contribution >= 0.6 is 0 Å². The van der Waals surface area contributed by atoms with Gasteiger partial charge in [0.1, 0.15) is 11.5 Å². The fourth-order valence-corrected chi connectivity index (χ4v) is 3.95. The topological polar surface area (TPSA) is 46.6 Å². The molecular formula is C20H19FN4O. The SMILES string of the molecule is Fc1ccc2c(C3CCN(Cc4cccc5nccn45)CC3)noc2c1. The molecule has 0 spiro atoms. The largest absolute Gasteiger partial charge is 0.356 e. The van der Waals surface area contributed by atoms with E-state index in [2.05, 4.69) is 31.6 Å². The van der Waals surface area contributed by atoms with Gasteiger partial charge in [-0.2, -0.15) is 0 Å². The quantitative estimate of drug-likeness (QED) is 0.560. The molecule has 0 saturated carbocycles. The van der Waals surface area contributed by atoms with Crippen LogP contribution in [0.1, 0.15) is 30.1 Å². The maximum absolute atomic E-state index is 13.3. The average molecular weight is 350 g/mol. The van der Waals surface area contributed by atoms with Crippen LogP contribution in [0.5, 0.6) is 0 Å². The molecule has 0 atom stereocenters. The van der Waals surface area contributed by atoms with Crippen LogP contribution in [0.4, 0.5) is 4.39 Å². The van der Waals surface area contributed by atoms with E-state index in [0.29, 0.717) is 11.5 Å². The van der Waals surface area contributed by atoms with Gasteiger partial charge in [-0.3, -0.25) is 4.90 Å².